The second kappa shape index (κ2) is 5.46. The molecule has 6 heteroatoms. The third-order valence-corrected chi connectivity index (χ3v) is 4.56. The minimum Gasteiger partial charge on any atom is -0.381 e. The van der Waals surface area contributed by atoms with E-state index in [4.69, 9.17) is 16.4 Å². The van der Waals surface area contributed by atoms with E-state index in [-0.39, 0.29) is 11.8 Å². The van der Waals surface area contributed by atoms with Gasteiger partial charge >= 0.3 is 0 Å². The van der Waals surface area contributed by atoms with Crippen LogP contribution in [0.3, 0.4) is 0 Å². The molecule has 24 heavy (non-hydrogen) atoms. The molecule has 4 rings (SSSR count). The van der Waals surface area contributed by atoms with Crippen molar-refractivity contribution in [3.63, 3.8) is 0 Å². The van der Waals surface area contributed by atoms with Gasteiger partial charge in [0.2, 0.25) is 12.0 Å². The molecule has 2 heterocycles. The molecule has 0 unspecified atom stereocenters. The molecule has 2 atom stereocenters. The number of benzene rings is 2. The Balaban J connectivity index is 1.73. The topological polar surface area (TPSA) is 59.0 Å². The van der Waals surface area contributed by atoms with Crippen LogP contribution in [0.2, 0.25) is 5.02 Å². The average Bonchev–Trinajstić information content (AvgIpc) is 3.11. The van der Waals surface area contributed by atoms with E-state index < -0.39 is 12.0 Å². The summed E-state index contributed by atoms with van der Waals surface area (Å²) < 4.78 is 0. The third-order valence-electron chi connectivity index (χ3n) is 4.31. The van der Waals surface area contributed by atoms with Gasteiger partial charge in [0.1, 0.15) is 11.6 Å². The van der Waals surface area contributed by atoms with E-state index in [1.54, 1.807) is 36.4 Å². The summed E-state index contributed by atoms with van der Waals surface area (Å²) in [6, 6.07) is 14.2. The molecular formula is C18H13ClN2O3. The number of oxime groups is 1. The predicted octanol–water partition coefficient (Wildman–Crippen LogP) is 2.94. The van der Waals surface area contributed by atoms with Crippen LogP contribution in [0.25, 0.3) is 0 Å². The van der Waals surface area contributed by atoms with Crippen molar-refractivity contribution in [2.24, 2.45) is 11.1 Å². The summed E-state index contributed by atoms with van der Waals surface area (Å²) in [5, 5.41) is 4.56. The summed E-state index contributed by atoms with van der Waals surface area (Å²) in [6.45, 7) is 1.86. The first-order chi connectivity index (χ1) is 11.6. The van der Waals surface area contributed by atoms with Crippen molar-refractivity contribution in [3.8, 4) is 0 Å². The van der Waals surface area contributed by atoms with Crippen molar-refractivity contribution in [2.75, 3.05) is 4.90 Å². The maximum absolute atomic E-state index is 12.9. The molecule has 1 saturated heterocycles. The van der Waals surface area contributed by atoms with Gasteiger partial charge in [-0.2, -0.15) is 0 Å². The number of carbonyl (C=O) groups excluding carboxylic acids is 2. The van der Waals surface area contributed by atoms with Crippen LogP contribution in [0.4, 0.5) is 5.69 Å². The Morgan fingerprint density at radius 2 is 1.75 bits per heavy atom. The van der Waals surface area contributed by atoms with Gasteiger partial charge in [0.15, 0.2) is 0 Å². The van der Waals surface area contributed by atoms with Gasteiger partial charge in [-0.3, -0.25) is 9.59 Å². The number of rotatable bonds is 2. The molecule has 2 aliphatic rings. The summed E-state index contributed by atoms with van der Waals surface area (Å²) in [4.78, 5) is 32.1. The Kier molecular flexibility index (Phi) is 3.39. The molecule has 120 valence electrons. The minimum atomic E-state index is -0.900. The molecule has 5 nitrogen and oxygen atoms in total. The number of halogens is 1. The number of fused-ring (bicyclic) bond motifs is 1. The van der Waals surface area contributed by atoms with Gasteiger partial charge in [0, 0.05) is 10.6 Å². The molecule has 1 fully saturated rings. The van der Waals surface area contributed by atoms with Gasteiger partial charge in [-0.05, 0) is 30.7 Å². The summed E-state index contributed by atoms with van der Waals surface area (Å²) in [6.07, 6.45) is -0.900. The summed E-state index contributed by atoms with van der Waals surface area (Å²) in [5.74, 6) is -1.42. The normalized spacial score (nSPS) is 22.4. The highest BCUT2D eigenvalue weighted by Crippen LogP contribution is 2.36. The van der Waals surface area contributed by atoms with E-state index in [0.29, 0.717) is 16.4 Å². The first-order valence-corrected chi connectivity index (χ1v) is 7.89. The fraction of sp³-hybridized carbons (Fsp3) is 0.167. The van der Waals surface area contributed by atoms with Crippen LogP contribution in [-0.4, -0.2) is 23.6 Å². The van der Waals surface area contributed by atoms with E-state index in [1.165, 1.54) is 4.90 Å². The first kappa shape index (κ1) is 14.9. The smallest absolute Gasteiger partial charge is 0.278 e. The number of aryl methyl sites for hydroxylation is 1. The number of carbonyl (C=O) groups is 2. The quantitative estimate of drug-likeness (QED) is 0.790. The zero-order valence-corrected chi connectivity index (χ0v) is 13.5. The Hall–Kier alpha value is -2.66. The third kappa shape index (κ3) is 2.12. The van der Waals surface area contributed by atoms with Crippen molar-refractivity contribution < 1.29 is 14.4 Å². The van der Waals surface area contributed by atoms with E-state index in [0.717, 1.165) is 11.1 Å². The number of hydrogen-bond donors (Lipinski definition) is 0. The SMILES string of the molecule is Cc1ccccc1N1C(=O)[C@@H]2C(c3ccc(Cl)cc3)=NO[C@@H]2C1=O. The molecule has 2 amide bonds. The number of hydrogen-bond acceptors (Lipinski definition) is 4. The molecule has 0 aromatic heterocycles. The molecular weight excluding hydrogens is 328 g/mol. The lowest BCUT2D eigenvalue weighted by Gasteiger charge is -2.17. The number of para-hydroxylation sites is 1. The second-order valence-corrected chi connectivity index (χ2v) is 6.22. The summed E-state index contributed by atoms with van der Waals surface area (Å²) in [5.41, 5.74) is 2.62. The standard InChI is InChI=1S/C18H13ClN2O3/c1-10-4-2-3-5-13(10)21-17(22)14-15(20-24-16(14)18(21)23)11-6-8-12(19)9-7-11/h2-9,14,16H,1H3/t14-,16+/m1/s1. The largest absolute Gasteiger partial charge is 0.381 e. The van der Waals surface area contributed by atoms with Crippen molar-refractivity contribution >= 4 is 34.8 Å². The lowest BCUT2D eigenvalue weighted by Crippen LogP contribution is -2.33. The van der Waals surface area contributed by atoms with Gasteiger partial charge in [-0.1, -0.05) is 47.1 Å². The zero-order valence-electron chi connectivity index (χ0n) is 12.8. The van der Waals surface area contributed by atoms with Gasteiger partial charge in [0.05, 0.1) is 5.69 Å². The highest BCUT2D eigenvalue weighted by Gasteiger charge is 2.56. The van der Waals surface area contributed by atoms with Crippen LogP contribution < -0.4 is 4.90 Å². The Morgan fingerprint density at radius 3 is 2.46 bits per heavy atom. The second-order valence-electron chi connectivity index (χ2n) is 5.79. The van der Waals surface area contributed by atoms with Crippen LogP contribution >= 0.6 is 11.6 Å². The molecule has 2 aliphatic heterocycles. The van der Waals surface area contributed by atoms with Crippen molar-refractivity contribution in [1.29, 1.82) is 0 Å². The molecule has 0 N–H and O–H groups in total. The Bertz CT molecular complexity index is 876. The van der Waals surface area contributed by atoms with E-state index >= 15 is 0 Å². The Labute approximate surface area is 143 Å². The molecule has 0 aliphatic carbocycles. The van der Waals surface area contributed by atoms with E-state index in [1.807, 2.05) is 19.1 Å². The maximum Gasteiger partial charge on any atom is 0.278 e. The lowest BCUT2D eigenvalue weighted by atomic mass is 9.94. The number of amides is 2. The van der Waals surface area contributed by atoms with Crippen molar-refractivity contribution in [2.45, 2.75) is 13.0 Å². The molecule has 0 radical (unpaired) electrons. The van der Waals surface area contributed by atoms with Crippen molar-refractivity contribution in [3.05, 3.63) is 64.7 Å². The molecule has 0 saturated carbocycles. The van der Waals surface area contributed by atoms with Crippen LogP contribution in [0.5, 0.6) is 0 Å². The van der Waals surface area contributed by atoms with Crippen LogP contribution in [-0.2, 0) is 14.4 Å². The number of imide groups is 1. The van der Waals surface area contributed by atoms with E-state index in [9.17, 15) is 9.59 Å². The van der Waals surface area contributed by atoms with Gasteiger partial charge < -0.3 is 4.84 Å². The van der Waals surface area contributed by atoms with Crippen molar-refractivity contribution in [1.82, 2.24) is 0 Å². The van der Waals surface area contributed by atoms with E-state index in [2.05, 4.69) is 5.16 Å². The number of nitrogens with zero attached hydrogens (tertiary/aromatic N) is 2. The predicted molar refractivity (Wildman–Crippen MR) is 90.0 cm³/mol. The minimum absolute atomic E-state index is 0.314. The van der Waals surface area contributed by atoms with Crippen LogP contribution in [0.1, 0.15) is 11.1 Å². The first-order valence-electron chi connectivity index (χ1n) is 7.51. The summed E-state index contributed by atoms with van der Waals surface area (Å²) >= 11 is 5.90. The molecule has 0 bridgehead atoms. The number of anilines is 1. The summed E-state index contributed by atoms with van der Waals surface area (Å²) in [7, 11) is 0. The molecule has 2 aromatic rings. The maximum atomic E-state index is 12.9. The van der Waals surface area contributed by atoms with Gasteiger partial charge in [0.25, 0.3) is 5.91 Å². The van der Waals surface area contributed by atoms with Crippen LogP contribution in [0, 0.1) is 12.8 Å². The molecule has 0 spiro atoms. The Morgan fingerprint density at radius 1 is 1.04 bits per heavy atom. The monoisotopic (exact) mass is 340 g/mol. The van der Waals surface area contributed by atoms with Crippen LogP contribution in [0.15, 0.2) is 53.7 Å². The highest BCUT2D eigenvalue weighted by atomic mass is 35.5. The fourth-order valence-electron chi connectivity index (χ4n) is 3.09. The lowest BCUT2D eigenvalue weighted by molar-refractivity contribution is -0.126. The van der Waals surface area contributed by atoms with Gasteiger partial charge in [-0.15, -0.1) is 0 Å². The molecule has 2 aromatic carbocycles. The fourth-order valence-corrected chi connectivity index (χ4v) is 3.21. The highest BCUT2D eigenvalue weighted by molar-refractivity contribution is 6.33. The average molecular weight is 341 g/mol. The van der Waals surface area contributed by atoms with Gasteiger partial charge in [-0.25, -0.2) is 4.90 Å². The zero-order chi connectivity index (χ0) is 16.8.